The van der Waals surface area contributed by atoms with Gasteiger partial charge < -0.3 is 24.6 Å². The van der Waals surface area contributed by atoms with Crippen LogP contribution in [-0.2, 0) is 34.1 Å². The second kappa shape index (κ2) is 12.0. The second-order valence-electron chi connectivity index (χ2n) is 12.0. The first kappa shape index (κ1) is 31.8. The summed E-state index contributed by atoms with van der Waals surface area (Å²) >= 11 is 6.11. The van der Waals surface area contributed by atoms with Crippen molar-refractivity contribution in [3.63, 3.8) is 0 Å². The molecule has 2 N–H and O–H groups in total. The molecule has 250 valence electrons. The summed E-state index contributed by atoms with van der Waals surface area (Å²) in [7, 11) is 0. The van der Waals surface area contributed by atoms with Gasteiger partial charge in [0.15, 0.2) is 17.3 Å². The van der Waals surface area contributed by atoms with E-state index in [1.165, 1.54) is 10.8 Å². The molecule has 1 aromatic carbocycles. The van der Waals surface area contributed by atoms with Gasteiger partial charge in [0.2, 0.25) is 11.7 Å². The number of carbonyl (C=O) groups excluding carboxylic acids is 2. The van der Waals surface area contributed by atoms with Gasteiger partial charge in [-0.2, -0.15) is 22.7 Å². The normalized spacial score (nSPS) is 17.4. The molecule has 7 rings (SSSR count). The third-order valence-electron chi connectivity index (χ3n) is 9.25. The van der Waals surface area contributed by atoms with E-state index in [2.05, 4.69) is 25.4 Å². The molecule has 3 aliphatic rings. The molecule has 0 radical (unpaired) electrons. The van der Waals surface area contributed by atoms with Crippen LogP contribution in [0.25, 0.3) is 11.4 Å². The van der Waals surface area contributed by atoms with Crippen LogP contribution in [0.3, 0.4) is 0 Å². The SMILES string of the molecule is O=C(Cn1c2c(c(=O)n3nc(C4=CCOCC4)nc13)C1(CC2)CCN(C(=O)c2ncncc2O)CC1)Nc1ccc(C(F)(F)F)cc1Cl. The molecule has 1 fully saturated rings. The maximum absolute atomic E-state index is 14.2. The maximum Gasteiger partial charge on any atom is 0.416 e. The van der Waals surface area contributed by atoms with Gasteiger partial charge in [0.05, 0.1) is 35.7 Å². The van der Waals surface area contributed by atoms with E-state index in [9.17, 15) is 32.7 Å². The number of ether oxygens (including phenoxy) is 1. The molecule has 48 heavy (non-hydrogen) atoms. The molecule has 0 bridgehead atoms. The Hall–Kier alpha value is -4.83. The van der Waals surface area contributed by atoms with Crippen molar-refractivity contribution < 1.29 is 32.6 Å². The number of halogens is 4. The van der Waals surface area contributed by atoms with Crippen molar-refractivity contribution in [2.24, 2.45) is 0 Å². The lowest BCUT2D eigenvalue weighted by Gasteiger charge is -2.39. The van der Waals surface area contributed by atoms with Gasteiger partial charge in [-0.1, -0.05) is 17.7 Å². The van der Waals surface area contributed by atoms with E-state index in [4.69, 9.17) is 16.3 Å². The lowest BCUT2D eigenvalue weighted by atomic mass is 9.74. The first-order valence-electron chi connectivity index (χ1n) is 15.2. The van der Waals surface area contributed by atoms with Crippen molar-refractivity contribution in [2.75, 3.05) is 31.6 Å². The lowest BCUT2D eigenvalue weighted by Crippen LogP contribution is -2.46. The summed E-state index contributed by atoms with van der Waals surface area (Å²) in [6.07, 6.45) is 2.00. The van der Waals surface area contributed by atoms with Crippen molar-refractivity contribution in [3.05, 3.63) is 80.5 Å². The molecule has 2 amide bonds. The third kappa shape index (κ3) is 5.57. The minimum atomic E-state index is -4.60. The van der Waals surface area contributed by atoms with Crippen LogP contribution in [0, 0.1) is 0 Å². The fourth-order valence-corrected chi connectivity index (χ4v) is 7.04. The highest BCUT2D eigenvalue weighted by atomic mass is 35.5. The molecule has 13 nitrogen and oxygen atoms in total. The molecule has 17 heteroatoms. The summed E-state index contributed by atoms with van der Waals surface area (Å²) in [6, 6.07) is 2.66. The van der Waals surface area contributed by atoms with Crippen LogP contribution in [-0.4, -0.2) is 77.3 Å². The van der Waals surface area contributed by atoms with Gasteiger partial charge in [-0.25, -0.2) is 9.97 Å². The number of fused-ring (bicyclic) bond motifs is 3. The minimum absolute atomic E-state index is 0.00104. The first-order chi connectivity index (χ1) is 22.9. The molecule has 3 aromatic heterocycles. The Morgan fingerprint density at radius 1 is 1.15 bits per heavy atom. The second-order valence-corrected chi connectivity index (χ2v) is 12.4. The Kier molecular flexibility index (Phi) is 7.94. The van der Waals surface area contributed by atoms with E-state index in [1.807, 2.05) is 6.08 Å². The molecule has 1 aliphatic carbocycles. The van der Waals surface area contributed by atoms with Crippen LogP contribution in [0.5, 0.6) is 5.75 Å². The van der Waals surface area contributed by atoms with Gasteiger partial charge in [0.25, 0.3) is 11.5 Å². The number of anilines is 1. The van der Waals surface area contributed by atoms with E-state index in [0.29, 0.717) is 75.5 Å². The summed E-state index contributed by atoms with van der Waals surface area (Å²) in [5.41, 5.74) is -0.139. The van der Waals surface area contributed by atoms with Crippen LogP contribution in [0.15, 0.2) is 41.6 Å². The smallest absolute Gasteiger partial charge is 0.416 e. The van der Waals surface area contributed by atoms with Gasteiger partial charge in [-0.05, 0) is 55.9 Å². The Balaban J connectivity index is 1.24. The lowest BCUT2D eigenvalue weighted by molar-refractivity contribution is -0.137. The predicted octanol–water partition coefficient (Wildman–Crippen LogP) is 3.62. The number of piperidine rings is 1. The Bertz CT molecular complexity index is 2050. The quantitative estimate of drug-likeness (QED) is 0.321. The van der Waals surface area contributed by atoms with Crippen molar-refractivity contribution in [1.82, 2.24) is 34.0 Å². The predicted molar refractivity (Wildman–Crippen MR) is 165 cm³/mol. The molecule has 0 saturated carbocycles. The number of carbonyl (C=O) groups is 2. The molecule has 5 heterocycles. The van der Waals surface area contributed by atoms with Gasteiger partial charge in [0.1, 0.15) is 12.9 Å². The van der Waals surface area contributed by atoms with Gasteiger partial charge in [-0.3, -0.25) is 14.4 Å². The highest BCUT2D eigenvalue weighted by Gasteiger charge is 2.46. The monoisotopic (exact) mass is 684 g/mol. The number of nitrogens with zero attached hydrogens (tertiary/aromatic N) is 7. The molecule has 1 saturated heterocycles. The molecule has 2 aliphatic heterocycles. The molecule has 4 aromatic rings. The Morgan fingerprint density at radius 3 is 2.62 bits per heavy atom. The number of hydrogen-bond donors (Lipinski definition) is 2. The number of amides is 2. The summed E-state index contributed by atoms with van der Waals surface area (Å²) in [6.45, 7) is 1.09. The van der Waals surface area contributed by atoms with E-state index in [1.54, 1.807) is 9.47 Å². The van der Waals surface area contributed by atoms with Crippen LogP contribution >= 0.6 is 11.6 Å². The molecule has 1 spiro atoms. The standard InChI is InChI=1S/C31H28ClF3N8O5/c32-19-13-18(31(33,34)35)1-2-20(19)38-23(45)15-42-21-3-6-30(7-9-41(10-8-30)28(47)25-22(44)14-36-16-37-25)24(21)27(46)43-29(42)39-26(40-43)17-4-11-48-12-5-17/h1-2,4,13-14,16,44H,3,5-12,15H2,(H,38,45). The zero-order valence-electron chi connectivity index (χ0n) is 25.3. The van der Waals surface area contributed by atoms with E-state index < -0.39 is 29.0 Å². The highest BCUT2D eigenvalue weighted by Crippen LogP contribution is 2.45. The summed E-state index contributed by atoms with van der Waals surface area (Å²) < 4.78 is 47.7. The summed E-state index contributed by atoms with van der Waals surface area (Å²) in [4.78, 5) is 54.7. The highest BCUT2D eigenvalue weighted by molar-refractivity contribution is 6.33. The summed E-state index contributed by atoms with van der Waals surface area (Å²) in [5, 5.41) is 17.0. The minimum Gasteiger partial charge on any atom is -0.504 e. The fourth-order valence-electron chi connectivity index (χ4n) is 6.81. The number of rotatable bonds is 5. The average Bonchev–Trinajstić information content (AvgIpc) is 3.68. The van der Waals surface area contributed by atoms with E-state index in [-0.39, 0.29) is 40.0 Å². The third-order valence-corrected chi connectivity index (χ3v) is 9.56. The zero-order valence-corrected chi connectivity index (χ0v) is 26.0. The van der Waals surface area contributed by atoms with Crippen molar-refractivity contribution in [1.29, 1.82) is 0 Å². The maximum atomic E-state index is 14.2. The van der Waals surface area contributed by atoms with Crippen LogP contribution in [0.1, 0.15) is 58.8 Å². The first-order valence-corrected chi connectivity index (χ1v) is 15.6. The number of aromatic hydroxyl groups is 1. The van der Waals surface area contributed by atoms with Gasteiger partial charge in [0, 0.05) is 29.8 Å². The zero-order chi connectivity index (χ0) is 33.8. The van der Waals surface area contributed by atoms with E-state index >= 15 is 0 Å². The number of aromatic nitrogens is 6. The van der Waals surface area contributed by atoms with E-state index in [0.717, 1.165) is 30.0 Å². The average molecular weight is 685 g/mol. The van der Waals surface area contributed by atoms with Crippen molar-refractivity contribution >= 4 is 40.5 Å². The number of benzene rings is 1. The van der Waals surface area contributed by atoms with Gasteiger partial charge in [-0.15, -0.1) is 5.10 Å². The van der Waals surface area contributed by atoms with Crippen LogP contribution in [0.2, 0.25) is 5.02 Å². The van der Waals surface area contributed by atoms with Crippen molar-refractivity contribution in [3.8, 4) is 5.75 Å². The topological polar surface area (TPSA) is 157 Å². The molecular weight excluding hydrogens is 657 g/mol. The van der Waals surface area contributed by atoms with Crippen LogP contribution in [0.4, 0.5) is 18.9 Å². The molecule has 0 atom stereocenters. The largest absolute Gasteiger partial charge is 0.504 e. The Morgan fingerprint density at radius 2 is 1.94 bits per heavy atom. The molecule has 0 unspecified atom stereocenters. The van der Waals surface area contributed by atoms with Gasteiger partial charge >= 0.3 is 6.18 Å². The van der Waals surface area contributed by atoms with Crippen molar-refractivity contribution in [2.45, 2.75) is 50.2 Å². The number of likely N-dealkylation sites (tertiary alicyclic amines) is 1. The summed E-state index contributed by atoms with van der Waals surface area (Å²) in [5.74, 6) is -0.876. The number of alkyl halides is 3. The fraction of sp³-hybridized carbons (Fsp3) is 0.387. The molecular formula is C31H28ClF3N8O5. The number of nitrogens with one attached hydrogen (secondary N) is 1. The van der Waals surface area contributed by atoms with Crippen LogP contribution < -0.4 is 10.9 Å². The Labute approximate surface area is 275 Å². The number of hydrogen-bond acceptors (Lipinski definition) is 9.